The monoisotopic (exact) mass is 234 g/mol. The van der Waals surface area contributed by atoms with Gasteiger partial charge in [-0.25, -0.2) is 0 Å². The summed E-state index contributed by atoms with van der Waals surface area (Å²) in [5.74, 6) is 0.733. The van der Waals surface area contributed by atoms with Gasteiger partial charge in [0.1, 0.15) is 0 Å². The van der Waals surface area contributed by atoms with Crippen molar-refractivity contribution in [2.45, 2.75) is 19.8 Å². The molecule has 1 unspecified atom stereocenters. The summed E-state index contributed by atoms with van der Waals surface area (Å²) in [6, 6.07) is 0. The summed E-state index contributed by atoms with van der Waals surface area (Å²) < 4.78 is 8.08. The molecular formula is C7H11BrN2S. The Morgan fingerprint density at radius 2 is 2.55 bits per heavy atom. The van der Waals surface area contributed by atoms with Crippen molar-refractivity contribution in [1.29, 1.82) is 0 Å². The summed E-state index contributed by atoms with van der Waals surface area (Å²) in [5.41, 5.74) is 1.13. The zero-order valence-electron chi connectivity index (χ0n) is 6.46. The minimum absolute atomic E-state index is 0.733. The highest BCUT2D eigenvalue weighted by Gasteiger charge is 2.01. The van der Waals surface area contributed by atoms with Crippen LogP contribution in [0.25, 0.3) is 0 Å². The molecule has 0 saturated carbocycles. The number of rotatable bonds is 4. The van der Waals surface area contributed by atoms with Crippen molar-refractivity contribution in [1.82, 2.24) is 8.75 Å². The largest absolute Gasteiger partial charge is 0.181 e. The third-order valence-corrected chi connectivity index (χ3v) is 3.18. The van der Waals surface area contributed by atoms with Gasteiger partial charge in [0.05, 0.1) is 23.6 Å². The molecule has 1 aromatic rings. The van der Waals surface area contributed by atoms with Crippen LogP contribution in [0, 0.1) is 5.92 Å². The third-order valence-electron chi connectivity index (χ3n) is 1.56. The van der Waals surface area contributed by atoms with Gasteiger partial charge in [-0.15, -0.1) is 0 Å². The van der Waals surface area contributed by atoms with Crippen molar-refractivity contribution in [3.05, 3.63) is 11.9 Å². The highest BCUT2D eigenvalue weighted by Crippen LogP contribution is 2.09. The van der Waals surface area contributed by atoms with Gasteiger partial charge in [-0.05, 0) is 18.8 Å². The normalized spacial score (nSPS) is 13.3. The molecule has 0 aliphatic carbocycles. The van der Waals surface area contributed by atoms with Crippen LogP contribution in [-0.4, -0.2) is 14.1 Å². The van der Waals surface area contributed by atoms with E-state index in [2.05, 4.69) is 31.6 Å². The minimum Gasteiger partial charge on any atom is -0.181 e. The molecule has 2 nitrogen and oxygen atoms in total. The topological polar surface area (TPSA) is 25.8 Å². The van der Waals surface area contributed by atoms with Gasteiger partial charge in [-0.3, -0.25) is 0 Å². The number of alkyl halides is 1. The molecule has 0 aromatic carbocycles. The molecule has 0 radical (unpaired) electrons. The molecule has 1 atom stereocenters. The molecule has 0 spiro atoms. The Morgan fingerprint density at radius 1 is 1.73 bits per heavy atom. The van der Waals surface area contributed by atoms with Crippen molar-refractivity contribution < 1.29 is 0 Å². The molecule has 0 aliphatic heterocycles. The molecule has 4 heteroatoms. The Labute approximate surface area is 79.5 Å². The van der Waals surface area contributed by atoms with Crippen molar-refractivity contribution in [3.8, 4) is 0 Å². The number of nitrogens with zero attached hydrogens (tertiary/aromatic N) is 2. The lowest BCUT2D eigenvalue weighted by Crippen LogP contribution is -1.97. The lowest BCUT2D eigenvalue weighted by molar-refractivity contribution is 0.595. The van der Waals surface area contributed by atoms with Crippen LogP contribution in [-0.2, 0) is 6.42 Å². The lowest BCUT2D eigenvalue weighted by Gasteiger charge is -2.03. The summed E-state index contributed by atoms with van der Waals surface area (Å²) in [6.07, 6.45) is 4.10. The fourth-order valence-electron chi connectivity index (χ4n) is 0.766. The fourth-order valence-corrected chi connectivity index (χ4v) is 1.55. The summed E-state index contributed by atoms with van der Waals surface area (Å²) in [7, 11) is 0. The Balaban J connectivity index is 2.23. The van der Waals surface area contributed by atoms with E-state index < -0.39 is 0 Å². The van der Waals surface area contributed by atoms with Crippen LogP contribution in [0.2, 0.25) is 0 Å². The second-order valence-corrected chi connectivity index (χ2v) is 3.90. The maximum absolute atomic E-state index is 4.14. The summed E-state index contributed by atoms with van der Waals surface area (Å²) in [5, 5.41) is 1.07. The van der Waals surface area contributed by atoms with Crippen LogP contribution < -0.4 is 0 Å². The van der Waals surface area contributed by atoms with Gasteiger partial charge < -0.3 is 0 Å². The Morgan fingerprint density at radius 3 is 3.09 bits per heavy atom. The highest BCUT2D eigenvalue weighted by atomic mass is 79.9. The van der Waals surface area contributed by atoms with E-state index in [1.807, 2.05) is 6.20 Å². The van der Waals surface area contributed by atoms with Gasteiger partial charge >= 0.3 is 0 Å². The van der Waals surface area contributed by atoms with Crippen LogP contribution >= 0.6 is 27.7 Å². The first-order valence-electron chi connectivity index (χ1n) is 3.65. The standard InChI is InChI=1S/C7H11BrN2S/c1-6(4-8)2-3-7-5-9-11-10-7/h5-6H,2-4H2,1H3. The van der Waals surface area contributed by atoms with Crippen LogP contribution in [0.5, 0.6) is 0 Å². The Bertz CT molecular complexity index is 188. The molecule has 1 aromatic heterocycles. The lowest BCUT2D eigenvalue weighted by atomic mass is 10.1. The van der Waals surface area contributed by atoms with Crippen molar-refractivity contribution in [3.63, 3.8) is 0 Å². The van der Waals surface area contributed by atoms with Crippen molar-refractivity contribution in [2.75, 3.05) is 5.33 Å². The quantitative estimate of drug-likeness (QED) is 0.749. The Hall–Kier alpha value is 0.0400. The average Bonchev–Trinajstić information content (AvgIpc) is 2.52. The zero-order valence-corrected chi connectivity index (χ0v) is 8.86. The molecular weight excluding hydrogens is 224 g/mol. The molecule has 0 aliphatic rings. The van der Waals surface area contributed by atoms with Crippen LogP contribution in [0.1, 0.15) is 19.0 Å². The third kappa shape index (κ3) is 3.29. The number of aryl methyl sites for hydroxylation is 1. The molecule has 11 heavy (non-hydrogen) atoms. The van der Waals surface area contributed by atoms with Crippen LogP contribution in [0.4, 0.5) is 0 Å². The number of hydrogen-bond donors (Lipinski definition) is 0. The first-order valence-corrected chi connectivity index (χ1v) is 5.50. The van der Waals surface area contributed by atoms with E-state index in [4.69, 9.17) is 0 Å². The van der Waals surface area contributed by atoms with E-state index in [1.165, 1.54) is 18.1 Å². The summed E-state index contributed by atoms with van der Waals surface area (Å²) >= 11 is 4.73. The van der Waals surface area contributed by atoms with Gasteiger partial charge in [-0.2, -0.15) is 8.75 Å². The number of halogens is 1. The second kappa shape index (κ2) is 4.83. The van der Waals surface area contributed by atoms with E-state index in [-0.39, 0.29) is 0 Å². The molecule has 0 amide bonds. The predicted molar refractivity (Wildman–Crippen MR) is 51.2 cm³/mol. The van der Waals surface area contributed by atoms with E-state index in [1.54, 1.807) is 0 Å². The fraction of sp³-hybridized carbons (Fsp3) is 0.714. The molecule has 1 rings (SSSR count). The molecule has 0 fully saturated rings. The Kier molecular flexibility index (Phi) is 4.01. The minimum atomic E-state index is 0.733. The SMILES string of the molecule is CC(CBr)CCc1cnsn1. The number of aromatic nitrogens is 2. The predicted octanol–water partition coefficient (Wildman–Crippen LogP) is 2.50. The van der Waals surface area contributed by atoms with Crippen LogP contribution in [0.15, 0.2) is 6.20 Å². The molecule has 0 N–H and O–H groups in total. The maximum atomic E-state index is 4.14. The van der Waals surface area contributed by atoms with Gasteiger partial charge in [-0.1, -0.05) is 22.9 Å². The molecule has 1 heterocycles. The van der Waals surface area contributed by atoms with E-state index >= 15 is 0 Å². The van der Waals surface area contributed by atoms with Gasteiger partial charge in [0.25, 0.3) is 0 Å². The molecule has 0 bridgehead atoms. The van der Waals surface area contributed by atoms with Crippen LogP contribution in [0.3, 0.4) is 0 Å². The van der Waals surface area contributed by atoms with E-state index in [9.17, 15) is 0 Å². The zero-order chi connectivity index (χ0) is 8.10. The first kappa shape index (κ1) is 9.13. The summed E-state index contributed by atoms with van der Waals surface area (Å²) in [4.78, 5) is 0. The molecule has 62 valence electrons. The van der Waals surface area contributed by atoms with Gasteiger partial charge in [0, 0.05) is 5.33 Å². The smallest absolute Gasteiger partial charge is 0.0743 e. The average molecular weight is 235 g/mol. The van der Waals surface area contributed by atoms with Crippen molar-refractivity contribution >= 4 is 27.7 Å². The van der Waals surface area contributed by atoms with E-state index in [0.29, 0.717) is 0 Å². The highest BCUT2D eigenvalue weighted by molar-refractivity contribution is 9.09. The molecule has 0 saturated heterocycles. The number of hydrogen-bond acceptors (Lipinski definition) is 3. The maximum Gasteiger partial charge on any atom is 0.0743 e. The second-order valence-electron chi connectivity index (χ2n) is 2.70. The van der Waals surface area contributed by atoms with Gasteiger partial charge in [0.15, 0.2) is 0 Å². The van der Waals surface area contributed by atoms with E-state index in [0.717, 1.165) is 23.4 Å². The first-order chi connectivity index (χ1) is 5.33. The van der Waals surface area contributed by atoms with Gasteiger partial charge in [0.2, 0.25) is 0 Å². The van der Waals surface area contributed by atoms with Crippen molar-refractivity contribution in [2.24, 2.45) is 5.92 Å². The summed E-state index contributed by atoms with van der Waals surface area (Å²) in [6.45, 7) is 2.23.